The summed E-state index contributed by atoms with van der Waals surface area (Å²) in [6.07, 6.45) is 0. The number of carboxylic acids is 1. The Bertz CT molecular complexity index is 723. The van der Waals surface area contributed by atoms with Gasteiger partial charge in [-0.3, -0.25) is 0 Å². The Morgan fingerprint density at radius 1 is 1.30 bits per heavy atom. The minimum Gasteiger partial charge on any atom is -0.478 e. The van der Waals surface area contributed by atoms with Gasteiger partial charge in [-0.25, -0.2) is 4.79 Å². The van der Waals surface area contributed by atoms with Crippen LogP contribution in [0.5, 0.6) is 0 Å². The number of nitrogens with one attached hydrogen (secondary N) is 1. The molecule has 0 aliphatic carbocycles. The van der Waals surface area contributed by atoms with Gasteiger partial charge in [0, 0.05) is 5.02 Å². The summed E-state index contributed by atoms with van der Waals surface area (Å²) in [6.45, 7) is 0. The van der Waals surface area contributed by atoms with Gasteiger partial charge in [-0.1, -0.05) is 17.7 Å². The van der Waals surface area contributed by atoms with Crippen LogP contribution in [0.2, 0.25) is 5.02 Å². The first-order valence-corrected chi connectivity index (χ1v) is 5.99. The molecule has 0 saturated heterocycles. The van der Waals surface area contributed by atoms with E-state index in [2.05, 4.69) is 5.32 Å². The van der Waals surface area contributed by atoms with E-state index in [1.54, 1.807) is 30.3 Å². The van der Waals surface area contributed by atoms with Crippen LogP contribution in [0.1, 0.15) is 15.9 Å². The van der Waals surface area contributed by atoms with Gasteiger partial charge in [0.1, 0.15) is 6.07 Å². The van der Waals surface area contributed by atoms with Crippen LogP contribution in [0.4, 0.5) is 17.1 Å². The highest BCUT2D eigenvalue weighted by Gasteiger charge is 2.12. The summed E-state index contributed by atoms with van der Waals surface area (Å²) in [6, 6.07) is 11.4. The van der Waals surface area contributed by atoms with Gasteiger partial charge in [0.2, 0.25) is 0 Å². The number of nitriles is 1. The summed E-state index contributed by atoms with van der Waals surface area (Å²) in [5.74, 6) is -1.11. The zero-order chi connectivity index (χ0) is 14.7. The second-order valence-corrected chi connectivity index (χ2v) is 4.44. The smallest absolute Gasteiger partial charge is 0.337 e. The zero-order valence-electron chi connectivity index (χ0n) is 10.2. The van der Waals surface area contributed by atoms with E-state index < -0.39 is 5.97 Å². The summed E-state index contributed by atoms with van der Waals surface area (Å²) in [5, 5.41) is 21.5. The van der Waals surface area contributed by atoms with Crippen LogP contribution in [0.3, 0.4) is 0 Å². The maximum atomic E-state index is 11.0. The number of hydrogen-bond donors (Lipinski definition) is 3. The van der Waals surface area contributed by atoms with Crippen molar-refractivity contribution in [3.8, 4) is 6.07 Å². The highest BCUT2D eigenvalue weighted by Crippen LogP contribution is 2.29. The highest BCUT2D eigenvalue weighted by atomic mass is 35.5. The van der Waals surface area contributed by atoms with Crippen LogP contribution in [0.25, 0.3) is 0 Å². The quantitative estimate of drug-likeness (QED) is 0.753. The van der Waals surface area contributed by atoms with Gasteiger partial charge in [0.05, 0.1) is 28.2 Å². The topological polar surface area (TPSA) is 99.1 Å². The molecule has 0 atom stereocenters. The number of nitrogens with two attached hydrogens (primary N) is 1. The molecule has 0 fully saturated rings. The summed E-state index contributed by atoms with van der Waals surface area (Å²) in [7, 11) is 0. The first kappa shape index (κ1) is 13.7. The Balaban J connectivity index is 2.46. The van der Waals surface area contributed by atoms with Crippen molar-refractivity contribution >= 4 is 34.6 Å². The van der Waals surface area contributed by atoms with Gasteiger partial charge in [-0.15, -0.1) is 0 Å². The number of aromatic carboxylic acids is 1. The predicted octanol–water partition coefficient (Wildman–Crippen LogP) is 3.24. The largest absolute Gasteiger partial charge is 0.478 e. The molecule has 0 unspecified atom stereocenters. The molecule has 0 heterocycles. The van der Waals surface area contributed by atoms with Crippen molar-refractivity contribution < 1.29 is 9.90 Å². The van der Waals surface area contributed by atoms with Gasteiger partial charge >= 0.3 is 5.97 Å². The molecule has 4 N–H and O–H groups in total. The maximum absolute atomic E-state index is 11.0. The number of nitrogen functional groups attached to an aromatic ring is 1. The van der Waals surface area contributed by atoms with Crippen LogP contribution in [-0.4, -0.2) is 11.1 Å². The number of benzene rings is 2. The molecule has 100 valence electrons. The van der Waals surface area contributed by atoms with E-state index in [9.17, 15) is 4.79 Å². The average Bonchev–Trinajstić information content (AvgIpc) is 2.41. The molecular formula is C14H10ClN3O2. The monoisotopic (exact) mass is 287 g/mol. The van der Waals surface area contributed by atoms with Gasteiger partial charge < -0.3 is 16.2 Å². The van der Waals surface area contributed by atoms with E-state index in [-0.39, 0.29) is 11.3 Å². The van der Waals surface area contributed by atoms with Gasteiger partial charge in [-0.2, -0.15) is 5.26 Å². The number of carboxylic acid groups (broad SMARTS) is 1. The third-order valence-electron chi connectivity index (χ3n) is 2.71. The molecule has 0 spiro atoms. The number of hydrogen-bond acceptors (Lipinski definition) is 4. The van der Waals surface area contributed by atoms with Crippen molar-refractivity contribution in [1.82, 2.24) is 0 Å². The lowest BCUT2D eigenvalue weighted by atomic mass is 10.1. The van der Waals surface area contributed by atoms with Crippen molar-refractivity contribution in [2.45, 2.75) is 0 Å². The molecule has 2 aromatic carbocycles. The van der Waals surface area contributed by atoms with Gasteiger partial charge in [-0.05, 0) is 30.3 Å². The Kier molecular flexibility index (Phi) is 3.78. The second kappa shape index (κ2) is 5.51. The highest BCUT2D eigenvalue weighted by molar-refractivity contribution is 6.31. The van der Waals surface area contributed by atoms with E-state index in [4.69, 9.17) is 27.7 Å². The molecule has 20 heavy (non-hydrogen) atoms. The summed E-state index contributed by atoms with van der Waals surface area (Å²) >= 11 is 5.89. The molecular weight excluding hydrogens is 278 g/mol. The van der Waals surface area contributed by atoms with Crippen LogP contribution >= 0.6 is 11.6 Å². The van der Waals surface area contributed by atoms with Crippen LogP contribution in [0.15, 0.2) is 36.4 Å². The van der Waals surface area contributed by atoms with E-state index in [1.807, 2.05) is 6.07 Å². The van der Waals surface area contributed by atoms with Crippen molar-refractivity contribution in [3.05, 3.63) is 52.5 Å². The van der Waals surface area contributed by atoms with E-state index in [0.717, 1.165) is 0 Å². The third kappa shape index (κ3) is 2.66. The lowest BCUT2D eigenvalue weighted by Crippen LogP contribution is -2.05. The van der Waals surface area contributed by atoms with E-state index in [1.165, 1.54) is 6.07 Å². The first-order valence-electron chi connectivity index (χ1n) is 5.61. The number of anilines is 3. The molecule has 0 bridgehead atoms. The number of rotatable bonds is 3. The third-order valence-corrected chi connectivity index (χ3v) is 2.94. The maximum Gasteiger partial charge on any atom is 0.337 e. The summed E-state index contributed by atoms with van der Waals surface area (Å²) in [4.78, 5) is 11.0. The Morgan fingerprint density at radius 3 is 2.70 bits per heavy atom. The first-order chi connectivity index (χ1) is 9.52. The Hall–Kier alpha value is -2.71. The molecule has 0 radical (unpaired) electrons. The normalized spacial score (nSPS) is 9.80. The zero-order valence-corrected chi connectivity index (χ0v) is 11.0. The van der Waals surface area contributed by atoms with E-state index >= 15 is 0 Å². The minimum absolute atomic E-state index is 0.00413. The molecule has 0 saturated carbocycles. The minimum atomic E-state index is -1.11. The number of halogens is 1. The van der Waals surface area contributed by atoms with Crippen LogP contribution in [0, 0.1) is 11.3 Å². The molecule has 0 amide bonds. The van der Waals surface area contributed by atoms with Crippen LogP contribution in [-0.2, 0) is 0 Å². The SMILES string of the molecule is N#Cc1ccc(Cl)cc1Nc1cccc(C(=O)O)c1N. The van der Waals surface area contributed by atoms with Gasteiger partial charge in [0.15, 0.2) is 0 Å². The average molecular weight is 288 g/mol. The number of carbonyl (C=O) groups is 1. The van der Waals surface area contributed by atoms with Crippen molar-refractivity contribution in [2.24, 2.45) is 0 Å². The fourth-order valence-electron chi connectivity index (χ4n) is 1.72. The lowest BCUT2D eigenvalue weighted by Gasteiger charge is -2.12. The molecule has 2 rings (SSSR count). The molecule has 5 nitrogen and oxygen atoms in total. The number of nitrogens with zero attached hydrogens (tertiary/aromatic N) is 1. The van der Waals surface area contributed by atoms with Gasteiger partial charge in [0.25, 0.3) is 0 Å². The molecule has 0 aliphatic rings. The summed E-state index contributed by atoms with van der Waals surface area (Å²) in [5.41, 5.74) is 7.16. The predicted molar refractivity (Wildman–Crippen MR) is 77.3 cm³/mol. The van der Waals surface area contributed by atoms with Crippen molar-refractivity contribution in [1.29, 1.82) is 5.26 Å². The van der Waals surface area contributed by atoms with Crippen LogP contribution < -0.4 is 11.1 Å². The standard InChI is InChI=1S/C14H10ClN3O2/c15-9-5-4-8(7-16)12(6-9)18-11-3-1-2-10(13(11)17)14(19)20/h1-6,18H,17H2,(H,19,20). The lowest BCUT2D eigenvalue weighted by molar-refractivity contribution is 0.0698. The fraction of sp³-hybridized carbons (Fsp3) is 0. The van der Waals surface area contributed by atoms with Crippen molar-refractivity contribution in [3.63, 3.8) is 0 Å². The molecule has 0 aliphatic heterocycles. The molecule has 0 aromatic heterocycles. The van der Waals surface area contributed by atoms with E-state index in [0.29, 0.717) is 22.0 Å². The fourth-order valence-corrected chi connectivity index (χ4v) is 1.90. The molecule has 6 heteroatoms. The van der Waals surface area contributed by atoms with Crippen molar-refractivity contribution in [2.75, 3.05) is 11.1 Å². The Morgan fingerprint density at radius 2 is 2.05 bits per heavy atom. The number of para-hydroxylation sites is 1. The summed E-state index contributed by atoms with van der Waals surface area (Å²) < 4.78 is 0. The Labute approximate surface area is 120 Å². The molecule has 2 aromatic rings. The second-order valence-electron chi connectivity index (χ2n) is 4.00.